The normalized spacial score (nSPS) is 16.5. The number of nitrogens with one attached hydrogen (secondary N) is 1. The molecule has 0 bridgehead atoms. The Morgan fingerprint density at radius 1 is 1.22 bits per heavy atom. The van der Waals surface area contributed by atoms with Crippen molar-refractivity contribution in [1.29, 1.82) is 0 Å². The third kappa shape index (κ3) is 5.02. The Morgan fingerprint density at radius 2 is 1.83 bits per heavy atom. The topological polar surface area (TPSA) is 75.7 Å². The van der Waals surface area contributed by atoms with Gasteiger partial charge in [0.25, 0.3) is 0 Å². The van der Waals surface area contributed by atoms with Gasteiger partial charge in [0.05, 0.1) is 18.1 Å². The Hall–Kier alpha value is -1.44. The smallest absolute Gasteiger partial charge is 0.243 e. The molecule has 23 heavy (non-hydrogen) atoms. The van der Waals surface area contributed by atoms with E-state index in [9.17, 15) is 13.2 Å². The van der Waals surface area contributed by atoms with Crippen molar-refractivity contribution in [3.8, 4) is 0 Å². The van der Waals surface area contributed by atoms with Gasteiger partial charge in [-0.05, 0) is 23.6 Å². The van der Waals surface area contributed by atoms with E-state index in [-0.39, 0.29) is 10.8 Å². The number of carbonyl (C=O) groups is 1. The van der Waals surface area contributed by atoms with Gasteiger partial charge >= 0.3 is 0 Å². The minimum Gasteiger partial charge on any atom is -0.379 e. The van der Waals surface area contributed by atoms with E-state index in [2.05, 4.69) is 5.32 Å². The van der Waals surface area contributed by atoms with Crippen molar-refractivity contribution in [1.82, 2.24) is 9.62 Å². The van der Waals surface area contributed by atoms with Crippen LogP contribution >= 0.6 is 0 Å². The van der Waals surface area contributed by atoms with E-state index in [0.29, 0.717) is 45.2 Å². The molecule has 1 aliphatic heterocycles. The van der Waals surface area contributed by atoms with Gasteiger partial charge in [-0.25, -0.2) is 8.42 Å². The Morgan fingerprint density at radius 3 is 2.39 bits per heavy atom. The molecule has 2 rings (SSSR count). The van der Waals surface area contributed by atoms with Crippen molar-refractivity contribution in [2.45, 2.75) is 31.7 Å². The highest BCUT2D eigenvalue weighted by atomic mass is 32.2. The largest absolute Gasteiger partial charge is 0.379 e. The van der Waals surface area contributed by atoms with Gasteiger partial charge in [0.15, 0.2) is 0 Å². The summed E-state index contributed by atoms with van der Waals surface area (Å²) in [6, 6.07) is 6.66. The zero-order chi connectivity index (χ0) is 16.9. The van der Waals surface area contributed by atoms with Gasteiger partial charge in [-0.3, -0.25) is 4.79 Å². The molecule has 1 heterocycles. The number of sulfonamides is 1. The van der Waals surface area contributed by atoms with Crippen molar-refractivity contribution in [3.63, 3.8) is 0 Å². The summed E-state index contributed by atoms with van der Waals surface area (Å²) in [7, 11) is -3.46. The van der Waals surface area contributed by atoms with Crippen LogP contribution in [0.1, 0.15) is 25.8 Å². The number of benzene rings is 1. The molecule has 1 aliphatic rings. The number of rotatable bonds is 6. The van der Waals surface area contributed by atoms with Crippen LogP contribution in [-0.4, -0.2) is 44.9 Å². The standard InChI is InChI=1S/C16H24N2O4S/c1-13(2)11-16(19)17-12-14-3-5-15(6-4-14)23(20,21)18-7-9-22-10-8-18/h3-6,13H,7-12H2,1-2H3,(H,17,19). The number of amides is 1. The predicted octanol–water partition coefficient (Wildman–Crippen LogP) is 1.37. The van der Waals surface area contributed by atoms with Crippen molar-refractivity contribution in [2.75, 3.05) is 26.3 Å². The van der Waals surface area contributed by atoms with Crippen LogP contribution in [0.2, 0.25) is 0 Å². The van der Waals surface area contributed by atoms with E-state index in [1.165, 1.54) is 4.31 Å². The van der Waals surface area contributed by atoms with Gasteiger partial charge in [-0.2, -0.15) is 4.31 Å². The minimum absolute atomic E-state index is 0.00464. The molecule has 0 atom stereocenters. The fourth-order valence-electron chi connectivity index (χ4n) is 2.36. The third-order valence-corrected chi connectivity index (χ3v) is 5.53. The Bertz CT molecular complexity index is 620. The number of ether oxygens (including phenoxy) is 1. The molecule has 6 nitrogen and oxygen atoms in total. The average Bonchev–Trinajstić information content (AvgIpc) is 2.53. The highest BCUT2D eigenvalue weighted by molar-refractivity contribution is 7.89. The molecular weight excluding hydrogens is 316 g/mol. The third-order valence-electron chi connectivity index (χ3n) is 3.61. The lowest BCUT2D eigenvalue weighted by atomic mass is 10.1. The first-order chi connectivity index (χ1) is 10.9. The van der Waals surface area contributed by atoms with Crippen LogP contribution in [0.5, 0.6) is 0 Å². The van der Waals surface area contributed by atoms with Gasteiger partial charge in [-0.15, -0.1) is 0 Å². The lowest BCUT2D eigenvalue weighted by Gasteiger charge is -2.26. The number of hydrogen-bond donors (Lipinski definition) is 1. The van der Waals surface area contributed by atoms with E-state index in [1.807, 2.05) is 13.8 Å². The second-order valence-electron chi connectivity index (χ2n) is 6.04. The molecule has 0 radical (unpaired) electrons. The molecule has 0 saturated carbocycles. The van der Waals surface area contributed by atoms with E-state index in [0.717, 1.165) is 5.56 Å². The maximum absolute atomic E-state index is 12.5. The molecule has 1 aromatic carbocycles. The van der Waals surface area contributed by atoms with Gasteiger partial charge in [0.1, 0.15) is 0 Å². The highest BCUT2D eigenvalue weighted by Gasteiger charge is 2.25. The molecule has 0 unspecified atom stereocenters. The van der Waals surface area contributed by atoms with Gasteiger partial charge in [0.2, 0.25) is 15.9 Å². The maximum Gasteiger partial charge on any atom is 0.243 e. The highest BCUT2D eigenvalue weighted by Crippen LogP contribution is 2.17. The fraction of sp³-hybridized carbons (Fsp3) is 0.562. The summed E-state index contributed by atoms with van der Waals surface area (Å²) < 4.78 is 31.6. The van der Waals surface area contributed by atoms with Gasteiger partial charge < -0.3 is 10.1 Å². The second-order valence-corrected chi connectivity index (χ2v) is 7.97. The van der Waals surface area contributed by atoms with Crippen LogP contribution in [0.15, 0.2) is 29.2 Å². The minimum atomic E-state index is -3.46. The molecule has 1 saturated heterocycles. The number of morpholine rings is 1. The van der Waals surface area contributed by atoms with Gasteiger partial charge in [-0.1, -0.05) is 26.0 Å². The average molecular weight is 340 g/mol. The molecule has 1 fully saturated rings. The Kier molecular flexibility index (Phi) is 6.15. The summed E-state index contributed by atoms with van der Waals surface area (Å²) in [6.07, 6.45) is 0.490. The van der Waals surface area contributed by atoms with Crippen molar-refractivity contribution in [3.05, 3.63) is 29.8 Å². The van der Waals surface area contributed by atoms with E-state index in [4.69, 9.17) is 4.74 Å². The van der Waals surface area contributed by atoms with Crippen LogP contribution in [0, 0.1) is 5.92 Å². The lowest BCUT2D eigenvalue weighted by Crippen LogP contribution is -2.40. The second kappa shape index (κ2) is 7.90. The van der Waals surface area contributed by atoms with E-state index < -0.39 is 10.0 Å². The van der Waals surface area contributed by atoms with Crippen molar-refractivity contribution < 1.29 is 17.9 Å². The molecule has 1 aromatic rings. The number of carbonyl (C=O) groups excluding carboxylic acids is 1. The van der Waals surface area contributed by atoms with E-state index in [1.54, 1.807) is 24.3 Å². The number of nitrogens with zero attached hydrogens (tertiary/aromatic N) is 1. The molecule has 1 amide bonds. The SMILES string of the molecule is CC(C)CC(=O)NCc1ccc(S(=O)(=O)N2CCOCC2)cc1. The summed E-state index contributed by atoms with van der Waals surface area (Å²) in [6.45, 7) is 6.02. The van der Waals surface area contributed by atoms with Gasteiger partial charge in [0, 0.05) is 26.1 Å². The van der Waals surface area contributed by atoms with E-state index >= 15 is 0 Å². The van der Waals surface area contributed by atoms with Crippen molar-refractivity contribution >= 4 is 15.9 Å². The molecule has 1 N–H and O–H groups in total. The monoisotopic (exact) mass is 340 g/mol. The molecule has 0 aliphatic carbocycles. The summed E-state index contributed by atoms with van der Waals surface area (Å²) >= 11 is 0. The summed E-state index contributed by atoms with van der Waals surface area (Å²) in [5, 5.41) is 2.84. The fourth-order valence-corrected chi connectivity index (χ4v) is 3.77. The molecular formula is C16H24N2O4S. The quantitative estimate of drug-likeness (QED) is 0.849. The molecule has 7 heteroatoms. The Labute approximate surface area is 137 Å². The summed E-state index contributed by atoms with van der Waals surface area (Å²) in [5.41, 5.74) is 0.878. The predicted molar refractivity (Wildman–Crippen MR) is 87.3 cm³/mol. The first-order valence-corrected chi connectivity index (χ1v) is 9.27. The maximum atomic E-state index is 12.5. The van der Waals surface area contributed by atoms with Crippen LogP contribution in [0.4, 0.5) is 0 Å². The lowest BCUT2D eigenvalue weighted by molar-refractivity contribution is -0.121. The molecule has 128 valence electrons. The summed E-state index contributed by atoms with van der Waals surface area (Å²) in [4.78, 5) is 11.9. The van der Waals surface area contributed by atoms with Crippen LogP contribution in [-0.2, 0) is 26.1 Å². The zero-order valence-electron chi connectivity index (χ0n) is 13.6. The molecule has 0 aromatic heterocycles. The number of hydrogen-bond acceptors (Lipinski definition) is 4. The van der Waals surface area contributed by atoms with Crippen LogP contribution in [0.3, 0.4) is 0 Å². The first kappa shape index (κ1) is 17.9. The molecule has 0 spiro atoms. The Balaban J connectivity index is 1.97. The van der Waals surface area contributed by atoms with Crippen molar-refractivity contribution in [2.24, 2.45) is 5.92 Å². The summed E-state index contributed by atoms with van der Waals surface area (Å²) in [5.74, 6) is 0.320. The van der Waals surface area contributed by atoms with Crippen LogP contribution < -0.4 is 5.32 Å². The van der Waals surface area contributed by atoms with Crippen LogP contribution in [0.25, 0.3) is 0 Å². The first-order valence-electron chi connectivity index (χ1n) is 7.83. The zero-order valence-corrected chi connectivity index (χ0v) is 14.4.